The minimum Gasteiger partial charge on any atom is -0.490 e. The number of nitrogens with zero attached hydrogens (tertiary/aromatic N) is 7. The number of amides is 4. The Morgan fingerprint density at radius 3 is 2.30 bits per heavy atom. The van der Waals surface area contributed by atoms with Gasteiger partial charge in [-0.15, -0.1) is 21.5 Å². The van der Waals surface area contributed by atoms with E-state index in [4.69, 9.17) is 25.9 Å². The highest BCUT2D eigenvalue weighted by Crippen LogP contribution is 2.40. The first-order chi connectivity index (χ1) is 33.9. The number of aliphatic hydroxyl groups excluding tert-OH is 1. The molecule has 3 aromatic carbocycles. The molecular weight excluding hydrogens is 944 g/mol. The summed E-state index contributed by atoms with van der Waals surface area (Å²) in [7, 11) is 0. The molecule has 17 nitrogen and oxygen atoms in total. The predicted molar refractivity (Wildman–Crippen MR) is 267 cm³/mol. The second-order valence-electron chi connectivity index (χ2n) is 19.8. The van der Waals surface area contributed by atoms with Crippen molar-refractivity contribution >= 4 is 52.3 Å². The number of hydrogen-bond donors (Lipinski definition) is 4. The lowest BCUT2D eigenvalue weighted by atomic mass is 9.85. The first-order valence-electron chi connectivity index (χ1n) is 23.8. The van der Waals surface area contributed by atoms with Gasteiger partial charge in [0.15, 0.2) is 5.82 Å². The molecule has 9 rings (SSSR count). The predicted octanol–water partition coefficient (Wildman–Crippen LogP) is 6.88. The summed E-state index contributed by atoms with van der Waals surface area (Å²) in [6.45, 7) is 13.4. The summed E-state index contributed by atoms with van der Waals surface area (Å²) < 4.78 is 13.1. The summed E-state index contributed by atoms with van der Waals surface area (Å²) >= 11 is 7.93. The Balaban J connectivity index is 0.769. The molecule has 4 amide bonds. The van der Waals surface area contributed by atoms with Gasteiger partial charge < -0.3 is 35.2 Å². The highest BCUT2D eigenvalue weighted by molar-refractivity contribution is 7.15. The van der Waals surface area contributed by atoms with Crippen LogP contribution in [0.5, 0.6) is 5.75 Å². The van der Waals surface area contributed by atoms with Gasteiger partial charge in [0.2, 0.25) is 35.8 Å². The average Bonchev–Trinajstić information content (AvgIpc) is 4.13. The largest absolute Gasteiger partial charge is 0.490 e. The first kappa shape index (κ1) is 49.2. The molecule has 370 valence electrons. The number of β-amino-alcohol motifs (C(OH)–C–C–N with tert-alkyl or cyclic N) is 1. The lowest BCUT2D eigenvalue weighted by Gasteiger charge is -2.36. The first-order valence-corrected chi connectivity index (χ1v) is 25.0. The number of carbonyl (C=O) groups excluding carboxylic acids is 4. The molecule has 71 heavy (non-hydrogen) atoms. The number of fused-ring (bicyclic) bond motifs is 3. The van der Waals surface area contributed by atoms with Crippen molar-refractivity contribution in [2.75, 3.05) is 6.54 Å². The number of likely N-dealkylation sites (tertiary alicyclic amines) is 1. The van der Waals surface area contributed by atoms with Crippen LogP contribution in [0.3, 0.4) is 0 Å². The summed E-state index contributed by atoms with van der Waals surface area (Å²) in [6.07, 6.45) is 1.65. The van der Waals surface area contributed by atoms with Crippen molar-refractivity contribution in [2.45, 2.75) is 123 Å². The third kappa shape index (κ3) is 10.6. The van der Waals surface area contributed by atoms with Crippen LogP contribution < -0.4 is 20.7 Å². The molecule has 1 aliphatic carbocycles. The number of aliphatic imine (C=N–C) groups is 1. The third-order valence-corrected chi connectivity index (χ3v) is 14.9. The van der Waals surface area contributed by atoms with Gasteiger partial charge in [0.25, 0.3) is 0 Å². The van der Waals surface area contributed by atoms with E-state index in [1.807, 2.05) is 112 Å². The molecule has 1 unspecified atom stereocenters. The Morgan fingerprint density at radius 2 is 1.62 bits per heavy atom. The lowest BCUT2D eigenvalue weighted by Crippen LogP contribution is -2.58. The highest BCUT2D eigenvalue weighted by Gasteiger charge is 2.45. The fourth-order valence-corrected chi connectivity index (χ4v) is 10.7. The number of aromatic nitrogens is 5. The Labute approximate surface area is 420 Å². The van der Waals surface area contributed by atoms with Crippen molar-refractivity contribution in [1.29, 1.82) is 0 Å². The number of carbonyl (C=O) groups is 4. The Kier molecular flexibility index (Phi) is 14.0. The van der Waals surface area contributed by atoms with E-state index in [9.17, 15) is 24.3 Å². The number of benzene rings is 3. The molecule has 0 spiro atoms. The molecule has 19 heteroatoms. The zero-order chi connectivity index (χ0) is 50.3. The third-order valence-electron chi connectivity index (χ3n) is 13.5. The maximum absolute atomic E-state index is 14.2. The fourth-order valence-electron chi connectivity index (χ4n) is 9.38. The van der Waals surface area contributed by atoms with E-state index < -0.39 is 47.5 Å². The smallest absolute Gasteiger partial charge is 0.246 e. The number of thiophene rings is 1. The van der Waals surface area contributed by atoms with E-state index in [1.54, 1.807) is 11.3 Å². The van der Waals surface area contributed by atoms with Crippen LogP contribution in [0, 0.1) is 26.2 Å². The lowest BCUT2D eigenvalue weighted by molar-refractivity contribution is -0.144. The quantitative estimate of drug-likeness (QED) is 0.0882. The number of ether oxygens (including phenoxy) is 1. The van der Waals surface area contributed by atoms with E-state index in [1.165, 1.54) is 16.2 Å². The second-order valence-corrected chi connectivity index (χ2v) is 21.4. The minimum absolute atomic E-state index is 0.00280. The van der Waals surface area contributed by atoms with Crippen molar-refractivity contribution < 1.29 is 33.5 Å². The van der Waals surface area contributed by atoms with Crippen molar-refractivity contribution in [2.24, 2.45) is 10.4 Å². The van der Waals surface area contributed by atoms with Gasteiger partial charge in [0.1, 0.15) is 40.8 Å². The van der Waals surface area contributed by atoms with Crippen LogP contribution in [0.2, 0.25) is 5.02 Å². The van der Waals surface area contributed by atoms with Gasteiger partial charge in [-0.2, -0.15) is 4.98 Å². The number of halogens is 1. The van der Waals surface area contributed by atoms with Gasteiger partial charge in [-0.25, -0.2) is 0 Å². The van der Waals surface area contributed by atoms with Crippen LogP contribution in [0.1, 0.15) is 110 Å². The average molecular weight is 1000 g/mol. The Bertz CT molecular complexity index is 2960. The summed E-state index contributed by atoms with van der Waals surface area (Å²) in [5, 5.41) is 34.2. The molecular formula is C52H57ClN10O7S. The molecule has 5 heterocycles. The standard InChI is InChI=1S/C52H57ClN10O7S/c1-27-29(3)71-51-44(27)45(33-14-16-35(53)17-15-33)57-40(48-60-59-30(4)63(48)51)24-43(66)56-36-21-39(22-36)70-38-18-8-31(9-19-38)20-42(65)58-46(52(5,6)7)50(68)62-25-37(64)23-41(62)49(67)55-28(2)32-10-12-34(13-11-32)47-54-26-69-61-47/h8-19,26,28,36-37,39-41,46,64H,20-25H2,1-7H3,(H,55,67)(H,56,66)(H,58,65)/t28-,36-,37+,39-,40?,41-,46+/m0/s1. The summed E-state index contributed by atoms with van der Waals surface area (Å²) in [6, 6.07) is 19.2. The molecule has 2 fully saturated rings. The normalized spacial score (nSPS) is 20.4. The Hall–Kier alpha value is -6.76. The van der Waals surface area contributed by atoms with Crippen molar-refractivity contribution in [3.8, 4) is 22.1 Å². The zero-order valence-corrected chi connectivity index (χ0v) is 42.2. The van der Waals surface area contributed by atoms with Crippen LogP contribution in [0.4, 0.5) is 0 Å². The SMILES string of the molecule is Cc1sc2c(c1C)C(c1ccc(Cl)cc1)=NC(CC(=O)N[C@H]1C[C@H](Oc3ccc(CC(=O)N[C@H](C(=O)N4C[C@H](O)C[C@H]4C(=O)N[C@@H](C)c4ccc(-c5ncon5)cc4)C(C)(C)C)cc3)C1)c1nnc(C)n1-2. The van der Waals surface area contributed by atoms with Crippen LogP contribution in [0.25, 0.3) is 16.4 Å². The molecule has 1 saturated heterocycles. The van der Waals surface area contributed by atoms with Gasteiger partial charge in [-0.05, 0) is 74.1 Å². The maximum atomic E-state index is 14.2. The van der Waals surface area contributed by atoms with Gasteiger partial charge in [-0.1, -0.05) is 86.1 Å². The van der Waals surface area contributed by atoms with E-state index in [0.717, 1.165) is 44.4 Å². The van der Waals surface area contributed by atoms with Gasteiger partial charge >= 0.3 is 0 Å². The van der Waals surface area contributed by atoms with E-state index in [0.29, 0.717) is 40.8 Å². The number of aliphatic hydroxyl groups is 1. The maximum Gasteiger partial charge on any atom is 0.246 e. The van der Waals surface area contributed by atoms with Crippen LogP contribution in [-0.4, -0.2) is 101 Å². The fraction of sp³-hybridized carbons (Fsp3) is 0.404. The topological polar surface area (TPSA) is 219 Å². The zero-order valence-electron chi connectivity index (χ0n) is 40.6. The molecule has 5 atom stereocenters. The molecule has 1 saturated carbocycles. The van der Waals surface area contributed by atoms with Gasteiger partial charge in [-0.3, -0.25) is 28.7 Å². The van der Waals surface area contributed by atoms with Crippen molar-refractivity contribution in [1.82, 2.24) is 45.8 Å². The summed E-state index contributed by atoms with van der Waals surface area (Å²) in [4.78, 5) is 67.0. The number of nitrogens with one attached hydrogen (secondary N) is 3. The second kappa shape index (κ2) is 20.2. The van der Waals surface area contributed by atoms with E-state index in [-0.39, 0.29) is 49.8 Å². The highest BCUT2D eigenvalue weighted by atomic mass is 35.5. The van der Waals surface area contributed by atoms with Crippen LogP contribution >= 0.6 is 22.9 Å². The summed E-state index contributed by atoms with van der Waals surface area (Å²) in [5.74, 6) is 1.08. The van der Waals surface area contributed by atoms with Crippen LogP contribution in [0.15, 0.2) is 88.7 Å². The number of rotatable bonds is 14. The van der Waals surface area contributed by atoms with Gasteiger partial charge in [0.05, 0.1) is 30.7 Å². The molecule has 6 aromatic rings. The minimum atomic E-state index is -0.973. The Morgan fingerprint density at radius 1 is 0.915 bits per heavy atom. The molecule has 2 aliphatic heterocycles. The number of aryl methyl sites for hydroxylation is 2. The van der Waals surface area contributed by atoms with Crippen molar-refractivity contribution in [3.63, 3.8) is 0 Å². The molecule has 0 radical (unpaired) electrons. The summed E-state index contributed by atoms with van der Waals surface area (Å²) in [5.41, 5.74) is 5.40. The molecule has 3 aromatic heterocycles. The monoisotopic (exact) mass is 1000 g/mol. The van der Waals surface area contributed by atoms with Crippen molar-refractivity contribution in [3.05, 3.63) is 129 Å². The van der Waals surface area contributed by atoms with Crippen LogP contribution in [-0.2, 0) is 25.6 Å². The molecule has 0 bridgehead atoms. The van der Waals surface area contributed by atoms with E-state index >= 15 is 0 Å². The molecule has 4 N–H and O–H groups in total. The molecule has 3 aliphatic rings. The van der Waals surface area contributed by atoms with E-state index in [2.05, 4.69) is 50.1 Å². The van der Waals surface area contributed by atoms with Gasteiger partial charge in [0, 0.05) is 58.4 Å². The number of hydrogen-bond acceptors (Lipinski definition) is 13.